The van der Waals surface area contributed by atoms with Crippen LogP contribution in [0.3, 0.4) is 0 Å². The summed E-state index contributed by atoms with van der Waals surface area (Å²) in [6.45, 7) is 2.20. The third kappa shape index (κ3) is 2.68. The average Bonchev–Trinajstić information content (AvgIpc) is 2.79. The third-order valence-corrected chi connectivity index (χ3v) is 3.27. The van der Waals surface area contributed by atoms with Crippen molar-refractivity contribution in [3.05, 3.63) is 30.3 Å². The quantitative estimate of drug-likeness (QED) is 0.787. The van der Waals surface area contributed by atoms with Gasteiger partial charge in [0.15, 0.2) is 0 Å². The molecule has 0 atom stereocenters. The van der Waals surface area contributed by atoms with Crippen molar-refractivity contribution < 1.29 is 0 Å². The number of nitrogens with one attached hydrogen (secondary N) is 2. The molecule has 0 aliphatic carbocycles. The van der Waals surface area contributed by atoms with Crippen molar-refractivity contribution in [1.29, 1.82) is 0 Å². The first-order valence-electron chi connectivity index (χ1n) is 5.48. The van der Waals surface area contributed by atoms with E-state index in [2.05, 4.69) is 35.2 Å². The first-order chi connectivity index (χ1) is 7.92. The fraction of sp³-hybridized carbons (Fsp3) is 0.364. The molecule has 1 aromatic rings. The van der Waals surface area contributed by atoms with Crippen LogP contribution in [0.4, 0.5) is 5.69 Å². The number of hydrazine groups is 2. The molecule has 0 radical (unpaired) electrons. The van der Waals surface area contributed by atoms with E-state index in [1.165, 1.54) is 12.8 Å². The first kappa shape index (κ1) is 11.3. The standard InChI is InChI=1S/C11H16N4S/c1-2-3-9-16-11-12-13-14-15(11)10-7-5-4-6-8-10/h4-8,13-14H,2-3,9H2,1H3. The van der Waals surface area contributed by atoms with Gasteiger partial charge in [-0.05, 0) is 18.6 Å². The molecule has 0 aromatic heterocycles. The Labute approximate surface area is 100 Å². The molecule has 1 aromatic carbocycles. The third-order valence-electron chi connectivity index (χ3n) is 2.25. The lowest BCUT2D eigenvalue weighted by atomic mass is 10.3. The number of benzene rings is 1. The Bertz CT molecular complexity index is 352. The molecule has 2 N–H and O–H groups in total. The van der Waals surface area contributed by atoms with Crippen molar-refractivity contribution in [3.63, 3.8) is 0 Å². The lowest BCUT2D eigenvalue weighted by Gasteiger charge is -2.17. The number of rotatable bonds is 4. The van der Waals surface area contributed by atoms with Gasteiger partial charge in [0.2, 0.25) is 5.17 Å². The molecule has 1 aliphatic rings. The maximum absolute atomic E-state index is 4.21. The lowest BCUT2D eigenvalue weighted by molar-refractivity contribution is 0.623. The molecule has 0 amide bonds. The van der Waals surface area contributed by atoms with Gasteiger partial charge in [-0.25, -0.2) is 10.5 Å². The van der Waals surface area contributed by atoms with Crippen molar-refractivity contribution in [3.8, 4) is 0 Å². The Morgan fingerprint density at radius 1 is 1.31 bits per heavy atom. The number of unbranched alkanes of at least 4 members (excludes halogenated alkanes) is 1. The molecule has 0 saturated heterocycles. The van der Waals surface area contributed by atoms with Crippen LogP contribution in [0.2, 0.25) is 0 Å². The van der Waals surface area contributed by atoms with E-state index in [0.717, 1.165) is 16.6 Å². The van der Waals surface area contributed by atoms with Gasteiger partial charge in [0, 0.05) is 5.75 Å². The Morgan fingerprint density at radius 3 is 2.88 bits per heavy atom. The summed E-state index contributed by atoms with van der Waals surface area (Å²) in [5, 5.41) is 7.14. The highest BCUT2D eigenvalue weighted by Gasteiger charge is 2.18. The second-order valence-corrected chi connectivity index (χ2v) is 4.55. The summed E-state index contributed by atoms with van der Waals surface area (Å²) < 4.78 is 0. The molecule has 1 aliphatic heterocycles. The summed E-state index contributed by atoms with van der Waals surface area (Å²) in [5.74, 6) is 1.10. The van der Waals surface area contributed by atoms with E-state index in [1.54, 1.807) is 11.8 Å². The number of hydrazone groups is 1. The molecule has 86 valence electrons. The molecule has 0 saturated carbocycles. The Hall–Kier alpha value is -1.20. The second kappa shape index (κ2) is 5.77. The molecule has 4 nitrogen and oxygen atoms in total. The van der Waals surface area contributed by atoms with Crippen LogP contribution in [-0.2, 0) is 0 Å². The normalized spacial score (nSPS) is 14.8. The summed E-state index contributed by atoms with van der Waals surface area (Å²) in [6.07, 6.45) is 2.43. The van der Waals surface area contributed by atoms with E-state index in [-0.39, 0.29) is 0 Å². The van der Waals surface area contributed by atoms with Gasteiger partial charge in [-0.1, -0.05) is 43.3 Å². The summed E-state index contributed by atoms with van der Waals surface area (Å²) in [5.41, 5.74) is 6.89. The van der Waals surface area contributed by atoms with Gasteiger partial charge in [-0.15, -0.1) is 10.6 Å². The molecule has 1 heterocycles. The van der Waals surface area contributed by atoms with E-state index in [4.69, 9.17) is 0 Å². The van der Waals surface area contributed by atoms with Gasteiger partial charge in [-0.2, -0.15) is 0 Å². The largest absolute Gasteiger partial charge is 0.233 e. The highest BCUT2D eigenvalue weighted by Crippen LogP contribution is 2.19. The van der Waals surface area contributed by atoms with E-state index < -0.39 is 0 Å². The van der Waals surface area contributed by atoms with Crippen LogP contribution in [-0.4, -0.2) is 10.9 Å². The highest BCUT2D eigenvalue weighted by molar-refractivity contribution is 8.14. The number of nitrogens with zero attached hydrogens (tertiary/aromatic N) is 2. The summed E-state index contributed by atoms with van der Waals surface area (Å²) in [4.78, 5) is 0. The van der Waals surface area contributed by atoms with Gasteiger partial charge in [0.05, 0.1) is 5.69 Å². The minimum Gasteiger partial charge on any atom is -0.233 e. The summed E-state index contributed by atoms with van der Waals surface area (Å²) in [6, 6.07) is 10.1. The molecule has 0 unspecified atom stereocenters. The fourth-order valence-electron chi connectivity index (χ4n) is 1.38. The molecule has 0 fully saturated rings. The van der Waals surface area contributed by atoms with Crippen molar-refractivity contribution in [1.82, 2.24) is 11.1 Å². The van der Waals surface area contributed by atoms with Gasteiger partial charge in [-0.3, -0.25) is 0 Å². The number of hydrogen-bond donors (Lipinski definition) is 2. The Balaban J connectivity index is 1.98. The lowest BCUT2D eigenvalue weighted by Crippen LogP contribution is -2.40. The van der Waals surface area contributed by atoms with Crippen LogP contribution in [0.5, 0.6) is 0 Å². The van der Waals surface area contributed by atoms with Crippen LogP contribution in [0, 0.1) is 0 Å². The molecule has 2 rings (SSSR count). The smallest absolute Gasteiger partial charge is 0.205 e. The number of hydrogen-bond acceptors (Lipinski definition) is 5. The van der Waals surface area contributed by atoms with Crippen LogP contribution in [0.1, 0.15) is 19.8 Å². The van der Waals surface area contributed by atoms with Gasteiger partial charge < -0.3 is 0 Å². The number of thioether (sulfide) groups is 1. The minimum absolute atomic E-state index is 0.972. The predicted octanol–water partition coefficient (Wildman–Crippen LogP) is 2.32. The zero-order valence-corrected chi connectivity index (χ0v) is 10.1. The Morgan fingerprint density at radius 2 is 2.12 bits per heavy atom. The maximum Gasteiger partial charge on any atom is 0.205 e. The topological polar surface area (TPSA) is 39.7 Å². The van der Waals surface area contributed by atoms with Crippen molar-refractivity contribution in [2.45, 2.75) is 19.8 Å². The van der Waals surface area contributed by atoms with Crippen molar-refractivity contribution >= 4 is 22.6 Å². The predicted molar refractivity (Wildman–Crippen MR) is 70.0 cm³/mol. The molecule has 5 heteroatoms. The van der Waals surface area contributed by atoms with E-state index in [0.29, 0.717) is 0 Å². The zero-order chi connectivity index (χ0) is 11.2. The van der Waals surface area contributed by atoms with Crippen LogP contribution >= 0.6 is 11.8 Å². The van der Waals surface area contributed by atoms with Crippen LogP contribution < -0.4 is 16.1 Å². The fourth-order valence-corrected chi connectivity index (χ4v) is 2.38. The summed E-state index contributed by atoms with van der Waals surface area (Å²) >= 11 is 1.76. The average molecular weight is 236 g/mol. The molecule has 0 bridgehead atoms. The molecular weight excluding hydrogens is 220 g/mol. The SMILES string of the molecule is CCCCSC1=NNNN1c1ccccc1. The van der Waals surface area contributed by atoms with Crippen LogP contribution in [0.25, 0.3) is 0 Å². The Kier molecular flexibility index (Phi) is 4.07. The summed E-state index contributed by atoms with van der Waals surface area (Å²) in [7, 11) is 0. The maximum atomic E-state index is 4.21. The van der Waals surface area contributed by atoms with E-state index >= 15 is 0 Å². The second-order valence-electron chi connectivity index (χ2n) is 3.49. The van der Waals surface area contributed by atoms with E-state index in [1.807, 2.05) is 23.2 Å². The van der Waals surface area contributed by atoms with E-state index in [9.17, 15) is 0 Å². The van der Waals surface area contributed by atoms with Gasteiger partial charge in [0.1, 0.15) is 0 Å². The monoisotopic (exact) mass is 236 g/mol. The minimum atomic E-state index is 0.972. The first-order valence-corrected chi connectivity index (χ1v) is 6.46. The molecule has 0 spiro atoms. The van der Waals surface area contributed by atoms with Gasteiger partial charge in [0.25, 0.3) is 0 Å². The number of para-hydroxylation sites is 1. The van der Waals surface area contributed by atoms with Crippen molar-refractivity contribution in [2.75, 3.05) is 10.8 Å². The molecular formula is C11H16N4S. The zero-order valence-electron chi connectivity index (χ0n) is 9.31. The molecule has 16 heavy (non-hydrogen) atoms. The number of anilines is 1. The van der Waals surface area contributed by atoms with Crippen molar-refractivity contribution in [2.24, 2.45) is 5.10 Å². The number of amidine groups is 1. The van der Waals surface area contributed by atoms with Crippen LogP contribution in [0.15, 0.2) is 35.4 Å². The highest BCUT2D eigenvalue weighted by atomic mass is 32.2. The van der Waals surface area contributed by atoms with Gasteiger partial charge >= 0.3 is 0 Å².